The number of hydrogen-bond acceptors (Lipinski definition) is 4. The molecule has 0 radical (unpaired) electrons. The van der Waals surface area contributed by atoms with E-state index in [4.69, 9.17) is 13.7 Å². The average Bonchev–Trinajstić information content (AvgIpc) is 3.09. The first kappa shape index (κ1) is 22.3. The molecule has 1 heterocycles. The molecule has 6 heteroatoms. The lowest BCUT2D eigenvalue weighted by molar-refractivity contribution is 0.0419. The third kappa shape index (κ3) is 4.23. The normalized spacial score (nSPS) is 20.7. The molecule has 2 aromatic rings. The number of rotatable bonds is 6. The van der Waals surface area contributed by atoms with Gasteiger partial charge in [-0.3, -0.25) is 5.23 Å². The Kier molecular flexibility index (Phi) is 6.42. The number of nitrogens with one attached hydrogen (secondary N) is 1. The van der Waals surface area contributed by atoms with E-state index in [0.717, 1.165) is 11.1 Å². The molecule has 2 atom stereocenters. The van der Waals surface area contributed by atoms with Gasteiger partial charge in [-0.25, -0.2) is 0 Å². The van der Waals surface area contributed by atoms with Gasteiger partial charge in [0.25, 0.3) is 0 Å². The van der Waals surface area contributed by atoms with Crippen molar-refractivity contribution < 1.29 is 13.7 Å². The largest absolute Gasteiger partial charge is 0.555 e. The predicted octanol–water partition coefficient (Wildman–Crippen LogP) is 4.96. The van der Waals surface area contributed by atoms with Crippen LogP contribution in [0, 0.1) is 0 Å². The summed E-state index contributed by atoms with van der Waals surface area (Å²) in [5.74, 6) is 0. The molecule has 0 saturated carbocycles. The third-order valence-corrected chi connectivity index (χ3v) is 11.0. The standard InChI is InChI=1S/C23H34BNO3Si/c1-18(27-29(6,7)22(2,3)4)21-23(28-24(25-21)26-5,19-14-10-8-11-15-19)20-16-12-9-13-17-20/h8-18,21,25H,1-7H3/t18-,21?/m1/s1. The summed E-state index contributed by atoms with van der Waals surface area (Å²) in [7, 11) is -0.810. The lowest BCUT2D eigenvalue weighted by atomic mass is 9.78. The van der Waals surface area contributed by atoms with Crippen LogP contribution in [0.1, 0.15) is 38.8 Å². The van der Waals surface area contributed by atoms with Crippen LogP contribution in [0.3, 0.4) is 0 Å². The van der Waals surface area contributed by atoms with Gasteiger partial charge in [-0.1, -0.05) is 81.4 Å². The van der Waals surface area contributed by atoms with Gasteiger partial charge in [0.1, 0.15) is 5.60 Å². The highest BCUT2D eigenvalue weighted by Gasteiger charge is 2.56. The molecule has 0 spiro atoms. The molecule has 3 rings (SSSR count). The first-order valence-corrected chi connectivity index (χ1v) is 13.3. The minimum absolute atomic E-state index is 0.0727. The molecule has 1 N–H and O–H groups in total. The first-order chi connectivity index (χ1) is 13.6. The number of hydrogen-bond donors (Lipinski definition) is 1. The molecule has 1 unspecified atom stereocenters. The van der Waals surface area contributed by atoms with Crippen LogP contribution in [-0.2, 0) is 19.3 Å². The molecule has 0 aromatic heterocycles. The van der Waals surface area contributed by atoms with Gasteiger partial charge < -0.3 is 13.7 Å². The first-order valence-electron chi connectivity index (χ1n) is 10.4. The van der Waals surface area contributed by atoms with Gasteiger partial charge in [0.05, 0.1) is 12.1 Å². The highest BCUT2D eigenvalue weighted by Crippen LogP contribution is 2.45. The molecule has 0 aliphatic carbocycles. The monoisotopic (exact) mass is 411 g/mol. The van der Waals surface area contributed by atoms with Crippen LogP contribution in [0.4, 0.5) is 0 Å². The summed E-state index contributed by atoms with van der Waals surface area (Å²) in [6.45, 7) is 13.5. The fourth-order valence-electron chi connectivity index (χ4n) is 3.87. The third-order valence-electron chi connectivity index (χ3n) is 6.42. The molecule has 156 valence electrons. The van der Waals surface area contributed by atoms with Gasteiger partial charge in [0.2, 0.25) is 0 Å². The minimum Gasteiger partial charge on any atom is -0.413 e. The van der Waals surface area contributed by atoms with Gasteiger partial charge in [-0.15, -0.1) is 0 Å². The second-order valence-electron chi connectivity index (χ2n) is 9.38. The summed E-state index contributed by atoms with van der Waals surface area (Å²) in [5, 5.41) is 3.68. The van der Waals surface area contributed by atoms with E-state index >= 15 is 0 Å². The second-order valence-corrected chi connectivity index (χ2v) is 14.1. The Labute approximate surface area is 177 Å². The van der Waals surface area contributed by atoms with Crippen LogP contribution in [0.5, 0.6) is 0 Å². The summed E-state index contributed by atoms with van der Waals surface area (Å²) in [6.07, 6.45) is -0.0727. The zero-order valence-corrected chi connectivity index (χ0v) is 19.7. The van der Waals surface area contributed by atoms with E-state index in [1.165, 1.54) is 0 Å². The van der Waals surface area contributed by atoms with Gasteiger partial charge in [-0.2, -0.15) is 0 Å². The SMILES string of the molecule is COB1NC([C@@H](C)O[Si](C)(C)C(C)(C)C)C(c2ccccc2)(c2ccccc2)O1. The molecular weight excluding hydrogens is 377 g/mol. The Morgan fingerprint density at radius 1 is 1.00 bits per heavy atom. The van der Waals surface area contributed by atoms with Gasteiger partial charge in [0.15, 0.2) is 8.32 Å². The zero-order valence-electron chi connectivity index (χ0n) is 18.7. The van der Waals surface area contributed by atoms with Crippen LogP contribution in [-0.4, -0.2) is 34.8 Å². The van der Waals surface area contributed by atoms with E-state index in [-0.39, 0.29) is 17.2 Å². The molecule has 1 aliphatic heterocycles. The van der Waals surface area contributed by atoms with E-state index in [1.54, 1.807) is 7.11 Å². The van der Waals surface area contributed by atoms with E-state index < -0.39 is 21.2 Å². The van der Waals surface area contributed by atoms with E-state index in [0.29, 0.717) is 0 Å². The predicted molar refractivity (Wildman–Crippen MR) is 122 cm³/mol. The van der Waals surface area contributed by atoms with Crippen LogP contribution in [0.15, 0.2) is 60.7 Å². The maximum atomic E-state index is 6.82. The van der Waals surface area contributed by atoms with Crippen molar-refractivity contribution in [3.63, 3.8) is 0 Å². The van der Waals surface area contributed by atoms with Crippen LogP contribution in [0.25, 0.3) is 0 Å². The van der Waals surface area contributed by atoms with Gasteiger partial charge in [-0.05, 0) is 36.2 Å². The lowest BCUT2D eigenvalue weighted by Crippen LogP contribution is -2.55. The van der Waals surface area contributed by atoms with Crippen molar-refractivity contribution in [3.05, 3.63) is 71.8 Å². The van der Waals surface area contributed by atoms with Crippen LogP contribution < -0.4 is 5.23 Å². The van der Waals surface area contributed by atoms with E-state index in [9.17, 15) is 0 Å². The maximum absolute atomic E-state index is 6.82. The highest BCUT2D eigenvalue weighted by atomic mass is 28.4. The zero-order chi connectivity index (χ0) is 21.3. The Bertz CT molecular complexity index is 755. The Morgan fingerprint density at radius 3 is 1.90 bits per heavy atom. The van der Waals surface area contributed by atoms with Crippen molar-refractivity contribution in [2.75, 3.05) is 7.11 Å². The molecule has 1 aliphatic rings. The lowest BCUT2D eigenvalue weighted by Gasteiger charge is -2.44. The Balaban J connectivity index is 2.10. The molecule has 1 fully saturated rings. The van der Waals surface area contributed by atoms with Crippen LogP contribution in [0.2, 0.25) is 18.1 Å². The molecule has 2 aromatic carbocycles. The quantitative estimate of drug-likeness (QED) is 0.682. The summed E-state index contributed by atoms with van der Waals surface area (Å²) in [5.41, 5.74) is 1.48. The summed E-state index contributed by atoms with van der Waals surface area (Å²) < 4.78 is 19.0. The molecule has 1 saturated heterocycles. The summed E-state index contributed by atoms with van der Waals surface area (Å²) in [6, 6.07) is 20.7. The molecule has 0 bridgehead atoms. The van der Waals surface area contributed by atoms with Crippen molar-refractivity contribution in [1.82, 2.24) is 5.23 Å². The van der Waals surface area contributed by atoms with E-state index in [2.05, 4.69) is 94.5 Å². The summed E-state index contributed by atoms with van der Waals surface area (Å²) >= 11 is 0. The Morgan fingerprint density at radius 2 is 1.48 bits per heavy atom. The fourth-order valence-corrected chi connectivity index (χ4v) is 5.28. The highest BCUT2D eigenvalue weighted by molar-refractivity contribution is 6.74. The van der Waals surface area contributed by atoms with Crippen LogP contribution >= 0.6 is 0 Å². The van der Waals surface area contributed by atoms with E-state index in [1.807, 2.05) is 12.1 Å². The average molecular weight is 411 g/mol. The Hall–Kier alpha value is -1.44. The van der Waals surface area contributed by atoms with Crippen molar-refractivity contribution in [2.24, 2.45) is 0 Å². The van der Waals surface area contributed by atoms with Crippen molar-refractivity contribution in [1.29, 1.82) is 0 Å². The molecule has 4 nitrogen and oxygen atoms in total. The number of benzene rings is 2. The van der Waals surface area contributed by atoms with Gasteiger partial charge >= 0.3 is 7.25 Å². The fraction of sp³-hybridized carbons (Fsp3) is 0.478. The van der Waals surface area contributed by atoms with Crippen molar-refractivity contribution in [2.45, 2.75) is 63.6 Å². The molecule has 29 heavy (non-hydrogen) atoms. The molecular formula is C23H34BNO3Si. The molecule has 0 amide bonds. The van der Waals surface area contributed by atoms with Crippen molar-refractivity contribution in [3.8, 4) is 0 Å². The minimum atomic E-state index is -1.97. The topological polar surface area (TPSA) is 39.7 Å². The smallest absolute Gasteiger partial charge is 0.413 e. The summed E-state index contributed by atoms with van der Waals surface area (Å²) in [4.78, 5) is 0. The van der Waals surface area contributed by atoms with Gasteiger partial charge in [0, 0.05) is 7.11 Å². The second kappa shape index (κ2) is 8.36. The maximum Gasteiger partial charge on any atom is 0.555 e. The van der Waals surface area contributed by atoms with Crippen molar-refractivity contribution >= 4 is 15.6 Å².